The highest BCUT2D eigenvalue weighted by Crippen LogP contribution is 2.16. The maximum absolute atomic E-state index is 12.7. The SMILES string of the molecule is CCS(=O)(=O)c1ccc(NCC(=O)c2c(N)n(CC(C)C)c(=O)n(C)c2=O)cc1. The van der Waals surface area contributed by atoms with Gasteiger partial charge in [-0.3, -0.25) is 18.7 Å². The van der Waals surface area contributed by atoms with Gasteiger partial charge in [-0.15, -0.1) is 0 Å². The number of rotatable bonds is 8. The Bertz CT molecular complexity index is 1130. The fourth-order valence-electron chi connectivity index (χ4n) is 2.80. The van der Waals surface area contributed by atoms with Crippen molar-refractivity contribution in [3.05, 3.63) is 50.7 Å². The number of carbonyl (C=O) groups excluding carboxylic acids is 1. The predicted molar refractivity (Wildman–Crippen MR) is 112 cm³/mol. The summed E-state index contributed by atoms with van der Waals surface area (Å²) in [5.74, 6) is -0.632. The van der Waals surface area contributed by atoms with Gasteiger partial charge >= 0.3 is 5.69 Å². The molecule has 0 aliphatic carbocycles. The first-order valence-electron chi connectivity index (χ1n) is 9.18. The maximum atomic E-state index is 12.7. The summed E-state index contributed by atoms with van der Waals surface area (Å²) in [6.07, 6.45) is 0. The third kappa shape index (κ3) is 4.76. The number of hydrogen-bond donors (Lipinski definition) is 2. The van der Waals surface area contributed by atoms with Crippen LogP contribution in [0.2, 0.25) is 0 Å². The molecular formula is C19H26N4O5S. The normalized spacial score (nSPS) is 11.6. The molecule has 9 nitrogen and oxygen atoms in total. The summed E-state index contributed by atoms with van der Waals surface area (Å²) < 4.78 is 25.8. The number of nitrogens with two attached hydrogens (primary N) is 1. The zero-order valence-electron chi connectivity index (χ0n) is 16.9. The molecular weight excluding hydrogens is 396 g/mol. The molecule has 0 spiro atoms. The van der Waals surface area contributed by atoms with Gasteiger partial charge in [0.05, 0.1) is 17.2 Å². The van der Waals surface area contributed by atoms with Crippen LogP contribution in [0.3, 0.4) is 0 Å². The van der Waals surface area contributed by atoms with Crippen LogP contribution >= 0.6 is 0 Å². The van der Waals surface area contributed by atoms with E-state index in [9.17, 15) is 22.8 Å². The van der Waals surface area contributed by atoms with Gasteiger partial charge in [-0.2, -0.15) is 0 Å². The van der Waals surface area contributed by atoms with Crippen molar-refractivity contribution in [3.8, 4) is 0 Å². The molecule has 0 unspecified atom stereocenters. The second-order valence-corrected chi connectivity index (χ2v) is 9.39. The molecule has 0 fully saturated rings. The molecule has 0 aliphatic heterocycles. The average Bonchev–Trinajstić information content (AvgIpc) is 2.68. The molecule has 158 valence electrons. The molecule has 0 amide bonds. The monoisotopic (exact) mass is 422 g/mol. The summed E-state index contributed by atoms with van der Waals surface area (Å²) in [4.78, 5) is 37.6. The molecule has 2 aromatic rings. The highest BCUT2D eigenvalue weighted by atomic mass is 32.2. The van der Waals surface area contributed by atoms with Gasteiger partial charge in [0.25, 0.3) is 5.56 Å². The number of anilines is 2. The number of ketones is 1. The molecule has 2 rings (SSSR count). The zero-order chi connectivity index (χ0) is 21.9. The van der Waals surface area contributed by atoms with E-state index in [2.05, 4.69) is 5.32 Å². The van der Waals surface area contributed by atoms with Gasteiger partial charge in [0.15, 0.2) is 15.6 Å². The van der Waals surface area contributed by atoms with E-state index >= 15 is 0 Å². The summed E-state index contributed by atoms with van der Waals surface area (Å²) in [6, 6.07) is 5.97. The van der Waals surface area contributed by atoms with Gasteiger partial charge in [-0.25, -0.2) is 13.2 Å². The lowest BCUT2D eigenvalue weighted by Gasteiger charge is -2.16. The minimum atomic E-state index is -3.31. The Balaban J connectivity index is 2.29. The molecule has 1 aromatic heterocycles. The number of benzene rings is 1. The Labute approximate surface area is 169 Å². The average molecular weight is 423 g/mol. The van der Waals surface area contributed by atoms with E-state index in [1.807, 2.05) is 13.8 Å². The third-order valence-electron chi connectivity index (χ3n) is 4.46. The van der Waals surface area contributed by atoms with Crippen molar-refractivity contribution in [2.24, 2.45) is 13.0 Å². The molecule has 0 aliphatic rings. The fraction of sp³-hybridized carbons (Fsp3) is 0.421. The largest absolute Gasteiger partial charge is 0.384 e. The smallest absolute Gasteiger partial charge is 0.332 e. The number of aromatic nitrogens is 2. The Morgan fingerprint density at radius 2 is 1.76 bits per heavy atom. The third-order valence-corrected chi connectivity index (χ3v) is 6.21. The Morgan fingerprint density at radius 3 is 2.28 bits per heavy atom. The van der Waals surface area contributed by atoms with E-state index in [-0.39, 0.29) is 41.0 Å². The summed E-state index contributed by atoms with van der Waals surface area (Å²) in [6.45, 7) is 5.38. The van der Waals surface area contributed by atoms with Gasteiger partial charge in [-0.1, -0.05) is 20.8 Å². The highest BCUT2D eigenvalue weighted by Gasteiger charge is 2.21. The van der Waals surface area contributed by atoms with E-state index < -0.39 is 26.9 Å². The number of nitrogens with zero attached hydrogens (tertiary/aromatic N) is 2. The first-order chi connectivity index (χ1) is 13.5. The highest BCUT2D eigenvalue weighted by molar-refractivity contribution is 7.91. The number of nitrogens with one attached hydrogen (secondary N) is 1. The van der Waals surface area contributed by atoms with Gasteiger partial charge < -0.3 is 11.1 Å². The molecule has 1 aromatic carbocycles. The number of sulfone groups is 1. The molecule has 0 saturated carbocycles. The summed E-state index contributed by atoms with van der Waals surface area (Å²) in [5.41, 5.74) is 4.94. The van der Waals surface area contributed by atoms with Gasteiger partial charge in [0.1, 0.15) is 11.4 Å². The van der Waals surface area contributed by atoms with Gasteiger partial charge in [0.2, 0.25) is 0 Å². The molecule has 29 heavy (non-hydrogen) atoms. The first-order valence-corrected chi connectivity index (χ1v) is 10.8. The molecule has 0 bridgehead atoms. The van der Waals surface area contributed by atoms with Crippen LogP contribution in [0.1, 0.15) is 31.1 Å². The fourth-order valence-corrected chi connectivity index (χ4v) is 3.69. The van der Waals surface area contributed by atoms with Gasteiger partial charge in [0, 0.05) is 19.3 Å². The van der Waals surface area contributed by atoms with E-state index in [1.54, 1.807) is 6.92 Å². The van der Waals surface area contributed by atoms with Crippen LogP contribution < -0.4 is 22.3 Å². The van der Waals surface area contributed by atoms with Crippen LogP contribution in [0.25, 0.3) is 0 Å². The lowest BCUT2D eigenvalue weighted by Crippen LogP contribution is -2.43. The first kappa shape index (κ1) is 22.4. The Hall–Kier alpha value is -2.88. The Morgan fingerprint density at radius 1 is 1.17 bits per heavy atom. The van der Waals surface area contributed by atoms with Crippen LogP contribution in [0.15, 0.2) is 38.8 Å². The summed E-state index contributed by atoms with van der Waals surface area (Å²) >= 11 is 0. The minimum absolute atomic E-state index is 0.00702. The summed E-state index contributed by atoms with van der Waals surface area (Å²) in [5, 5.41) is 2.85. The lowest BCUT2D eigenvalue weighted by atomic mass is 10.1. The van der Waals surface area contributed by atoms with Crippen molar-refractivity contribution in [1.29, 1.82) is 0 Å². The standard InChI is InChI=1S/C19H26N4O5S/c1-5-29(27,28)14-8-6-13(7-9-14)21-10-15(24)16-17(20)23(11-12(2)3)19(26)22(4)18(16)25/h6-9,12,21H,5,10-11,20H2,1-4H3. The van der Waals surface area contributed by atoms with E-state index in [1.165, 1.54) is 35.9 Å². The van der Waals surface area contributed by atoms with E-state index in [4.69, 9.17) is 5.73 Å². The van der Waals surface area contributed by atoms with Crippen molar-refractivity contribution in [1.82, 2.24) is 9.13 Å². The van der Waals surface area contributed by atoms with E-state index in [0.29, 0.717) is 5.69 Å². The number of hydrogen-bond acceptors (Lipinski definition) is 7. The number of carbonyl (C=O) groups is 1. The minimum Gasteiger partial charge on any atom is -0.384 e. The lowest BCUT2D eigenvalue weighted by molar-refractivity contribution is 0.100. The maximum Gasteiger partial charge on any atom is 0.332 e. The van der Waals surface area contributed by atoms with Crippen molar-refractivity contribution in [3.63, 3.8) is 0 Å². The number of nitrogen functional groups attached to an aromatic ring is 1. The van der Waals surface area contributed by atoms with Crippen LogP contribution in [-0.4, -0.2) is 35.6 Å². The van der Waals surface area contributed by atoms with E-state index in [0.717, 1.165) is 4.57 Å². The quantitative estimate of drug-likeness (QED) is 0.603. The number of Topliss-reactive ketones (excluding diaryl/α,β-unsaturated/α-hetero) is 1. The van der Waals surface area contributed by atoms with Gasteiger partial charge in [-0.05, 0) is 30.2 Å². The van der Waals surface area contributed by atoms with Crippen molar-refractivity contribution in [2.45, 2.75) is 32.2 Å². The van der Waals surface area contributed by atoms with Crippen molar-refractivity contribution < 1.29 is 13.2 Å². The molecule has 0 saturated heterocycles. The molecule has 0 radical (unpaired) electrons. The molecule has 10 heteroatoms. The van der Waals surface area contributed by atoms with Crippen molar-refractivity contribution >= 4 is 27.1 Å². The van der Waals surface area contributed by atoms with Crippen molar-refractivity contribution in [2.75, 3.05) is 23.3 Å². The second kappa shape index (κ2) is 8.64. The van der Waals surface area contributed by atoms with Crippen LogP contribution in [0.4, 0.5) is 11.5 Å². The molecule has 1 heterocycles. The summed E-state index contributed by atoms with van der Waals surface area (Å²) in [7, 11) is -2.01. The molecule has 0 atom stereocenters. The molecule has 3 N–H and O–H groups in total. The van der Waals surface area contributed by atoms with Crippen LogP contribution in [0, 0.1) is 5.92 Å². The second-order valence-electron chi connectivity index (χ2n) is 7.12. The van der Waals surface area contributed by atoms with Crippen LogP contribution in [0.5, 0.6) is 0 Å². The Kier molecular flexibility index (Phi) is 6.68. The predicted octanol–water partition coefficient (Wildman–Crippen LogP) is 0.874. The zero-order valence-corrected chi connectivity index (χ0v) is 17.7. The topological polar surface area (TPSA) is 133 Å². The van der Waals surface area contributed by atoms with Crippen LogP contribution in [-0.2, 0) is 23.4 Å².